The largest absolute Gasteiger partial charge is 0.481 e. The van der Waals surface area contributed by atoms with Crippen LogP contribution in [-0.4, -0.2) is 11.1 Å². The molecule has 18 heavy (non-hydrogen) atoms. The Kier molecular flexibility index (Phi) is 2.58. The smallest absolute Gasteiger partial charge is 0.303 e. The first kappa shape index (κ1) is 11.3. The molecule has 3 nitrogen and oxygen atoms in total. The Morgan fingerprint density at radius 3 is 2.89 bits per heavy atom. The molecule has 1 unspecified atom stereocenters. The lowest BCUT2D eigenvalue weighted by atomic mass is 9.88. The minimum absolute atomic E-state index is 0.0219. The van der Waals surface area contributed by atoms with Crippen LogP contribution in [0.5, 0.6) is 0 Å². The number of hydrogen-bond acceptors (Lipinski definition) is 2. The molecule has 1 atom stereocenters. The van der Waals surface area contributed by atoms with E-state index >= 15 is 0 Å². The second-order valence-corrected chi connectivity index (χ2v) is 4.84. The van der Waals surface area contributed by atoms with Crippen molar-refractivity contribution in [2.75, 3.05) is 0 Å². The van der Waals surface area contributed by atoms with Crippen LogP contribution in [0.3, 0.4) is 0 Å². The van der Waals surface area contributed by atoms with Gasteiger partial charge in [0.2, 0.25) is 0 Å². The van der Waals surface area contributed by atoms with Gasteiger partial charge in [0.1, 0.15) is 11.4 Å². The molecular formula is C14H13FO3. The molecule has 0 saturated heterocycles. The van der Waals surface area contributed by atoms with E-state index in [1.807, 2.05) is 0 Å². The molecule has 94 valence electrons. The van der Waals surface area contributed by atoms with Crippen molar-refractivity contribution in [2.24, 2.45) is 5.92 Å². The molecule has 4 heteroatoms. The Morgan fingerprint density at radius 2 is 2.22 bits per heavy atom. The molecule has 3 rings (SSSR count). The molecule has 1 N–H and O–H groups in total. The van der Waals surface area contributed by atoms with E-state index in [4.69, 9.17) is 9.52 Å². The third kappa shape index (κ3) is 1.88. The first-order valence-electron chi connectivity index (χ1n) is 6.04. The predicted molar refractivity (Wildman–Crippen MR) is 63.9 cm³/mol. The second kappa shape index (κ2) is 4.12. The van der Waals surface area contributed by atoms with Gasteiger partial charge in [-0.3, -0.25) is 4.79 Å². The Labute approximate surface area is 103 Å². The van der Waals surface area contributed by atoms with E-state index in [9.17, 15) is 9.18 Å². The van der Waals surface area contributed by atoms with Gasteiger partial charge in [-0.05, 0) is 37.0 Å². The molecular weight excluding hydrogens is 235 g/mol. The topological polar surface area (TPSA) is 50.4 Å². The van der Waals surface area contributed by atoms with Gasteiger partial charge < -0.3 is 9.52 Å². The van der Waals surface area contributed by atoms with Gasteiger partial charge in [0, 0.05) is 16.9 Å². The molecule has 0 aliphatic heterocycles. The van der Waals surface area contributed by atoms with Crippen LogP contribution < -0.4 is 0 Å². The number of rotatable bonds is 4. The zero-order valence-corrected chi connectivity index (χ0v) is 9.73. The first-order valence-corrected chi connectivity index (χ1v) is 6.04. The van der Waals surface area contributed by atoms with Crippen molar-refractivity contribution in [3.8, 4) is 0 Å². The van der Waals surface area contributed by atoms with Crippen LogP contribution in [0.25, 0.3) is 11.0 Å². The summed E-state index contributed by atoms with van der Waals surface area (Å²) >= 11 is 0. The van der Waals surface area contributed by atoms with Crippen molar-refractivity contribution >= 4 is 16.9 Å². The number of furan rings is 1. The molecule has 0 radical (unpaired) electrons. The highest BCUT2D eigenvalue weighted by Gasteiger charge is 2.36. The molecule has 0 bridgehead atoms. The molecule has 2 aromatic rings. The lowest BCUT2D eigenvalue weighted by molar-refractivity contribution is -0.137. The molecule has 1 aromatic carbocycles. The normalized spacial score (nSPS) is 16.9. The van der Waals surface area contributed by atoms with Crippen LogP contribution in [0.1, 0.15) is 30.7 Å². The fraction of sp³-hybridized carbons (Fsp3) is 0.357. The fourth-order valence-electron chi connectivity index (χ4n) is 2.61. The SMILES string of the molecule is O=C(O)CC(c1c(F)ccc2occc12)C1CC1. The molecule has 1 aromatic heterocycles. The number of aliphatic carboxylic acids is 1. The van der Waals surface area contributed by atoms with Crippen LogP contribution in [0.15, 0.2) is 28.9 Å². The molecule has 1 fully saturated rings. The van der Waals surface area contributed by atoms with Crippen LogP contribution in [0.4, 0.5) is 4.39 Å². The van der Waals surface area contributed by atoms with Crippen molar-refractivity contribution in [3.63, 3.8) is 0 Å². The summed E-state index contributed by atoms with van der Waals surface area (Å²) in [5, 5.41) is 9.69. The quantitative estimate of drug-likeness (QED) is 0.900. The van der Waals surface area contributed by atoms with E-state index in [0.29, 0.717) is 16.5 Å². The fourth-order valence-corrected chi connectivity index (χ4v) is 2.61. The zero-order chi connectivity index (χ0) is 12.7. The average Bonchev–Trinajstić information content (AvgIpc) is 3.05. The van der Waals surface area contributed by atoms with Gasteiger partial charge in [-0.2, -0.15) is 0 Å². The molecule has 0 spiro atoms. The highest BCUT2D eigenvalue weighted by molar-refractivity contribution is 5.82. The summed E-state index contributed by atoms with van der Waals surface area (Å²) in [6.07, 6.45) is 3.45. The Hall–Kier alpha value is -1.84. The summed E-state index contributed by atoms with van der Waals surface area (Å²) in [6.45, 7) is 0. The highest BCUT2D eigenvalue weighted by atomic mass is 19.1. The van der Waals surface area contributed by atoms with Crippen molar-refractivity contribution < 1.29 is 18.7 Å². The van der Waals surface area contributed by atoms with E-state index < -0.39 is 5.97 Å². The van der Waals surface area contributed by atoms with Gasteiger partial charge in [0.15, 0.2) is 0 Å². The lowest BCUT2D eigenvalue weighted by Crippen LogP contribution is -2.10. The Morgan fingerprint density at radius 1 is 1.44 bits per heavy atom. The predicted octanol–water partition coefficient (Wildman–Crippen LogP) is 3.54. The van der Waals surface area contributed by atoms with E-state index in [0.717, 1.165) is 12.8 Å². The maximum Gasteiger partial charge on any atom is 0.303 e. The molecule has 1 heterocycles. The highest BCUT2D eigenvalue weighted by Crippen LogP contribution is 2.47. The van der Waals surface area contributed by atoms with E-state index in [1.54, 1.807) is 12.1 Å². The number of hydrogen-bond donors (Lipinski definition) is 1. The number of benzene rings is 1. The van der Waals surface area contributed by atoms with E-state index in [-0.39, 0.29) is 24.1 Å². The molecule has 1 aliphatic carbocycles. The summed E-state index contributed by atoms with van der Waals surface area (Å²) in [7, 11) is 0. The summed E-state index contributed by atoms with van der Waals surface area (Å²) in [4.78, 5) is 11.0. The minimum atomic E-state index is -0.883. The van der Waals surface area contributed by atoms with Crippen molar-refractivity contribution in [1.82, 2.24) is 0 Å². The summed E-state index contributed by atoms with van der Waals surface area (Å²) in [5.74, 6) is -1.17. The maximum absolute atomic E-state index is 14.1. The van der Waals surface area contributed by atoms with Crippen molar-refractivity contribution in [3.05, 3.63) is 35.8 Å². The Bertz CT molecular complexity index is 598. The number of carboxylic acids is 1. The van der Waals surface area contributed by atoms with Gasteiger partial charge >= 0.3 is 5.97 Å². The number of carbonyl (C=O) groups is 1. The van der Waals surface area contributed by atoms with Gasteiger partial charge in [0.05, 0.1) is 12.7 Å². The third-order valence-corrected chi connectivity index (χ3v) is 3.58. The summed E-state index contributed by atoms with van der Waals surface area (Å²) in [6, 6.07) is 4.66. The van der Waals surface area contributed by atoms with Crippen molar-refractivity contribution in [1.29, 1.82) is 0 Å². The van der Waals surface area contributed by atoms with Crippen LogP contribution >= 0.6 is 0 Å². The first-order chi connectivity index (χ1) is 8.66. The minimum Gasteiger partial charge on any atom is -0.481 e. The van der Waals surface area contributed by atoms with Gasteiger partial charge in [0.25, 0.3) is 0 Å². The maximum atomic E-state index is 14.1. The summed E-state index contributed by atoms with van der Waals surface area (Å²) < 4.78 is 19.3. The standard InChI is InChI=1S/C14H13FO3/c15-11-3-4-12-9(5-6-18-12)14(11)10(7-13(16)17)8-1-2-8/h3-6,8,10H,1-2,7H2,(H,16,17). The number of carboxylic acid groups (broad SMARTS) is 1. The zero-order valence-electron chi connectivity index (χ0n) is 9.73. The lowest BCUT2D eigenvalue weighted by Gasteiger charge is -2.16. The van der Waals surface area contributed by atoms with E-state index in [2.05, 4.69) is 0 Å². The summed E-state index contributed by atoms with van der Waals surface area (Å²) in [5.41, 5.74) is 1.12. The number of fused-ring (bicyclic) bond motifs is 1. The molecule has 1 saturated carbocycles. The monoisotopic (exact) mass is 248 g/mol. The second-order valence-electron chi connectivity index (χ2n) is 4.84. The van der Waals surface area contributed by atoms with Gasteiger partial charge in [-0.25, -0.2) is 4.39 Å². The Balaban J connectivity index is 2.12. The van der Waals surface area contributed by atoms with Crippen LogP contribution in [0.2, 0.25) is 0 Å². The number of halogens is 1. The van der Waals surface area contributed by atoms with Crippen LogP contribution in [-0.2, 0) is 4.79 Å². The van der Waals surface area contributed by atoms with Gasteiger partial charge in [-0.15, -0.1) is 0 Å². The third-order valence-electron chi connectivity index (χ3n) is 3.58. The van der Waals surface area contributed by atoms with E-state index in [1.165, 1.54) is 12.3 Å². The average molecular weight is 248 g/mol. The van der Waals surface area contributed by atoms with Crippen LogP contribution in [0, 0.1) is 11.7 Å². The molecule has 1 aliphatic rings. The van der Waals surface area contributed by atoms with Crippen molar-refractivity contribution in [2.45, 2.75) is 25.2 Å². The van der Waals surface area contributed by atoms with Gasteiger partial charge in [-0.1, -0.05) is 0 Å². The molecule has 0 amide bonds.